The second-order valence-corrected chi connectivity index (χ2v) is 5.94. The number of rotatable bonds is 7. The van der Waals surface area contributed by atoms with Gasteiger partial charge in [0.15, 0.2) is 0 Å². The van der Waals surface area contributed by atoms with Crippen LogP contribution < -0.4 is 11.3 Å². The van der Waals surface area contributed by atoms with Gasteiger partial charge in [0.1, 0.15) is 0 Å². The zero-order chi connectivity index (χ0) is 13.5. The van der Waals surface area contributed by atoms with E-state index in [1.165, 1.54) is 17.5 Å². The second kappa shape index (κ2) is 7.55. The summed E-state index contributed by atoms with van der Waals surface area (Å²) < 4.78 is 0. The molecule has 1 rings (SSSR count). The summed E-state index contributed by atoms with van der Waals surface area (Å²) in [5, 5.41) is 0. The third kappa shape index (κ3) is 5.19. The van der Waals surface area contributed by atoms with Crippen molar-refractivity contribution in [3.8, 4) is 0 Å². The molecular weight excluding hydrogens is 220 g/mol. The molecule has 2 nitrogen and oxygen atoms in total. The van der Waals surface area contributed by atoms with Gasteiger partial charge in [-0.25, -0.2) is 0 Å². The Hall–Kier alpha value is -0.860. The summed E-state index contributed by atoms with van der Waals surface area (Å²) in [7, 11) is 0. The predicted octanol–water partition coefficient (Wildman–Crippen LogP) is 3.62. The molecule has 0 spiro atoms. The van der Waals surface area contributed by atoms with Crippen LogP contribution in [0.25, 0.3) is 0 Å². The summed E-state index contributed by atoms with van der Waals surface area (Å²) in [4.78, 5) is 0. The molecule has 0 radical (unpaired) electrons. The molecule has 1 unspecified atom stereocenters. The number of hydrazine groups is 1. The molecule has 102 valence electrons. The average molecular weight is 248 g/mol. The van der Waals surface area contributed by atoms with Crippen LogP contribution in [0.15, 0.2) is 24.3 Å². The van der Waals surface area contributed by atoms with E-state index in [9.17, 15) is 0 Å². The van der Waals surface area contributed by atoms with Crippen molar-refractivity contribution in [1.29, 1.82) is 0 Å². The molecule has 1 aromatic carbocycles. The quantitative estimate of drug-likeness (QED) is 0.571. The highest BCUT2D eigenvalue weighted by molar-refractivity contribution is 5.25. The molecule has 0 bridgehead atoms. The standard InChI is InChI=1S/C16H28N2/c1-12(2)5-10-16(18-17)11-14-6-8-15(9-7-14)13(3)4/h6-9,12-13,16,18H,5,10-11,17H2,1-4H3. The third-order valence-corrected chi connectivity index (χ3v) is 3.46. The van der Waals surface area contributed by atoms with Gasteiger partial charge in [0.05, 0.1) is 0 Å². The third-order valence-electron chi connectivity index (χ3n) is 3.46. The van der Waals surface area contributed by atoms with Crippen LogP contribution in [-0.2, 0) is 6.42 Å². The number of hydrogen-bond donors (Lipinski definition) is 2. The summed E-state index contributed by atoms with van der Waals surface area (Å²) in [5.74, 6) is 6.98. The molecule has 3 N–H and O–H groups in total. The van der Waals surface area contributed by atoms with E-state index in [0.29, 0.717) is 12.0 Å². The SMILES string of the molecule is CC(C)CCC(Cc1ccc(C(C)C)cc1)NN. The smallest absolute Gasteiger partial charge is 0.0251 e. The Labute approximate surface area is 112 Å². The highest BCUT2D eigenvalue weighted by Crippen LogP contribution is 2.16. The Bertz CT molecular complexity index is 327. The van der Waals surface area contributed by atoms with Crippen molar-refractivity contribution >= 4 is 0 Å². The molecule has 0 saturated heterocycles. The molecular formula is C16H28N2. The normalized spacial score (nSPS) is 13.3. The Kier molecular flexibility index (Phi) is 6.37. The lowest BCUT2D eigenvalue weighted by atomic mass is 9.96. The molecule has 0 heterocycles. The van der Waals surface area contributed by atoms with E-state index in [1.54, 1.807) is 0 Å². The van der Waals surface area contributed by atoms with Gasteiger partial charge in [0, 0.05) is 6.04 Å². The topological polar surface area (TPSA) is 38.0 Å². The van der Waals surface area contributed by atoms with E-state index in [-0.39, 0.29) is 0 Å². The first kappa shape index (κ1) is 15.2. The van der Waals surface area contributed by atoms with Crippen LogP contribution in [-0.4, -0.2) is 6.04 Å². The van der Waals surface area contributed by atoms with Crippen molar-refractivity contribution in [2.45, 2.75) is 58.9 Å². The Morgan fingerprint density at radius 3 is 2.06 bits per heavy atom. The van der Waals surface area contributed by atoms with Crippen LogP contribution in [0.1, 0.15) is 57.6 Å². The van der Waals surface area contributed by atoms with Crippen LogP contribution in [0.4, 0.5) is 0 Å². The van der Waals surface area contributed by atoms with E-state index >= 15 is 0 Å². The largest absolute Gasteiger partial charge is 0.271 e. The van der Waals surface area contributed by atoms with Gasteiger partial charge < -0.3 is 0 Å². The van der Waals surface area contributed by atoms with E-state index < -0.39 is 0 Å². The molecule has 0 fully saturated rings. The Morgan fingerprint density at radius 2 is 1.61 bits per heavy atom. The van der Waals surface area contributed by atoms with Gasteiger partial charge in [-0.3, -0.25) is 11.3 Å². The van der Waals surface area contributed by atoms with Crippen molar-refractivity contribution in [3.05, 3.63) is 35.4 Å². The lowest BCUT2D eigenvalue weighted by molar-refractivity contribution is 0.434. The summed E-state index contributed by atoms with van der Waals surface area (Å²) in [6.45, 7) is 8.96. The fourth-order valence-electron chi connectivity index (χ4n) is 2.10. The fourth-order valence-corrected chi connectivity index (χ4v) is 2.10. The van der Waals surface area contributed by atoms with Crippen LogP contribution in [0.3, 0.4) is 0 Å². The van der Waals surface area contributed by atoms with E-state index in [4.69, 9.17) is 5.84 Å². The van der Waals surface area contributed by atoms with Crippen molar-refractivity contribution in [2.75, 3.05) is 0 Å². The zero-order valence-corrected chi connectivity index (χ0v) is 12.2. The number of nitrogens with two attached hydrogens (primary N) is 1. The van der Waals surface area contributed by atoms with Crippen LogP contribution in [0, 0.1) is 5.92 Å². The molecule has 2 heteroatoms. The van der Waals surface area contributed by atoms with Crippen LogP contribution in [0.2, 0.25) is 0 Å². The molecule has 18 heavy (non-hydrogen) atoms. The van der Waals surface area contributed by atoms with Gasteiger partial charge >= 0.3 is 0 Å². The zero-order valence-electron chi connectivity index (χ0n) is 12.2. The van der Waals surface area contributed by atoms with Gasteiger partial charge in [-0.2, -0.15) is 0 Å². The first-order valence-electron chi connectivity index (χ1n) is 7.08. The van der Waals surface area contributed by atoms with Gasteiger partial charge in [-0.1, -0.05) is 52.0 Å². The maximum Gasteiger partial charge on any atom is 0.0251 e. The lowest BCUT2D eigenvalue weighted by Gasteiger charge is -2.17. The maximum atomic E-state index is 5.63. The average Bonchev–Trinajstić information content (AvgIpc) is 2.34. The molecule has 0 aromatic heterocycles. The summed E-state index contributed by atoms with van der Waals surface area (Å²) >= 11 is 0. The van der Waals surface area contributed by atoms with Gasteiger partial charge in [-0.15, -0.1) is 0 Å². The van der Waals surface area contributed by atoms with Crippen molar-refractivity contribution in [2.24, 2.45) is 11.8 Å². The monoisotopic (exact) mass is 248 g/mol. The fraction of sp³-hybridized carbons (Fsp3) is 0.625. The molecule has 0 aliphatic heterocycles. The summed E-state index contributed by atoms with van der Waals surface area (Å²) in [6, 6.07) is 9.31. The molecule has 0 amide bonds. The summed E-state index contributed by atoms with van der Waals surface area (Å²) in [5.41, 5.74) is 5.71. The van der Waals surface area contributed by atoms with Crippen molar-refractivity contribution in [1.82, 2.24) is 5.43 Å². The van der Waals surface area contributed by atoms with Crippen molar-refractivity contribution in [3.63, 3.8) is 0 Å². The molecule has 0 aliphatic carbocycles. The van der Waals surface area contributed by atoms with E-state index in [2.05, 4.69) is 57.4 Å². The van der Waals surface area contributed by atoms with Crippen LogP contribution >= 0.6 is 0 Å². The minimum absolute atomic E-state index is 0.386. The first-order chi connectivity index (χ1) is 8.52. The molecule has 1 atom stereocenters. The van der Waals surface area contributed by atoms with E-state index in [1.807, 2.05) is 0 Å². The minimum atomic E-state index is 0.386. The molecule has 0 saturated carbocycles. The highest BCUT2D eigenvalue weighted by Gasteiger charge is 2.09. The summed E-state index contributed by atoms with van der Waals surface area (Å²) in [6.07, 6.45) is 3.38. The second-order valence-electron chi connectivity index (χ2n) is 5.94. The lowest BCUT2D eigenvalue weighted by Crippen LogP contribution is -2.37. The highest BCUT2D eigenvalue weighted by atomic mass is 15.2. The van der Waals surface area contributed by atoms with Gasteiger partial charge in [0.2, 0.25) is 0 Å². The Morgan fingerprint density at radius 1 is 1.00 bits per heavy atom. The maximum absolute atomic E-state index is 5.63. The minimum Gasteiger partial charge on any atom is -0.271 e. The van der Waals surface area contributed by atoms with Crippen molar-refractivity contribution < 1.29 is 0 Å². The molecule has 1 aromatic rings. The number of hydrogen-bond acceptors (Lipinski definition) is 2. The molecule has 0 aliphatic rings. The van der Waals surface area contributed by atoms with Gasteiger partial charge in [-0.05, 0) is 42.2 Å². The number of nitrogens with one attached hydrogen (secondary N) is 1. The predicted molar refractivity (Wildman–Crippen MR) is 79.4 cm³/mol. The van der Waals surface area contributed by atoms with E-state index in [0.717, 1.165) is 18.8 Å². The Balaban J connectivity index is 2.53. The van der Waals surface area contributed by atoms with Crippen LogP contribution in [0.5, 0.6) is 0 Å². The number of benzene rings is 1. The van der Waals surface area contributed by atoms with Gasteiger partial charge in [0.25, 0.3) is 0 Å². The first-order valence-corrected chi connectivity index (χ1v) is 7.08.